The van der Waals surface area contributed by atoms with Crippen molar-refractivity contribution in [3.8, 4) is 0 Å². The number of methoxy groups -OCH3 is 1. The van der Waals surface area contributed by atoms with Gasteiger partial charge in [-0.3, -0.25) is 4.79 Å². The van der Waals surface area contributed by atoms with Gasteiger partial charge in [-0.2, -0.15) is 0 Å². The smallest absolute Gasteiger partial charge is 0.319 e. The molecule has 132 valence electrons. The molecule has 0 aliphatic heterocycles. The Morgan fingerprint density at radius 1 is 1.16 bits per heavy atom. The van der Waals surface area contributed by atoms with Gasteiger partial charge in [0.15, 0.2) is 0 Å². The number of halogens is 1. The maximum atomic E-state index is 12.0. The molecule has 0 spiro atoms. The van der Waals surface area contributed by atoms with Crippen LogP contribution in [0.2, 0.25) is 5.02 Å². The number of carbonyl (C=O) groups is 2. The van der Waals surface area contributed by atoms with Crippen molar-refractivity contribution >= 4 is 29.3 Å². The zero-order valence-electron chi connectivity index (χ0n) is 14.2. The van der Waals surface area contributed by atoms with Crippen molar-refractivity contribution in [2.75, 3.05) is 19.0 Å². The molecular formula is C19H21ClN2O3. The van der Waals surface area contributed by atoms with Crippen molar-refractivity contribution in [2.24, 2.45) is 5.92 Å². The summed E-state index contributed by atoms with van der Waals surface area (Å²) in [6, 6.07) is 14.3. The van der Waals surface area contributed by atoms with E-state index in [4.69, 9.17) is 16.3 Å². The first-order chi connectivity index (χ1) is 12.0. The van der Waals surface area contributed by atoms with E-state index in [-0.39, 0.29) is 12.5 Å². The Morgan fingerprint density at radius 3 is 2.60 bits per heavy atom. The van der Waals surface area contributed by atoms with E-state index >= 15 is 0 Å². The van der Waals surface area contributed by atoms with Crippen LogP contribution in [0.5, 0.6) is 0 Å². The number of nitrogens with one attached hydrogen (secondary N) is 2. The molecule has 0 saturated heterocycles. The lowest BCUT2D eigenvalue weighted by atomic mass is 9.98. The van der Waals surface area contributed by atoms with Crippen LogP contribution in [0.25, 0.3) is 0 Å². The summed E-state index contributed by atoms with van der Waals surface area (Å²) in [6.07, 6.45) is 0.492. The number of aryl methyl sites for hydroxylation is 1. The van der Waals surface area contributed by atoms with Crippen molar-refractivity contribution in [1.29, 1.82) is 0 Å². The quantitative estimate of drug-likeness (QED) is 0.770. The Bertz CT molecular complexity index is 749. The number of amides is 2. The van der Waals surface area contributed by atoms with Crippen LogP contribution in [0.3, 0.4) is 0 Å². The number of hydrogen-bond donors (Lipinski definition) is 2. The molecule has 1 atom stereocenters. The molecule has 25 heavy (non-hydrogen) atoms. The summed E-state index contributed by atoms with van der Waals surface area (Å²) in [5.41, 5.74) is 2.72. The summed E-state index contributed by atoms with van der Waals surface area (Å²) >= 11 is 5.89. The van der Waals surface area contributed by atoms with Gasteiger partial charge in [-0.15, -0.1) is 0 Å². The molecule has 2 rings (SSSR count). The van der Waals surface area contributed by atoms with E-state index in [1.807, 2.05) is 31.2 Å². The lowest BCUT2D eigenvalue weighted by Crippen LogP contribution is -2.37. The molecular weight excluding hydrogens is 340 g/mol. The van der Waals surface area contributed by atoms with Gasteiger partial charge in [0.1, 0.15) is 0 Å². The van der Waals surface area contributed by atoms with Gasteiger partial charge in [0.05, 0.1) is 13.0 Å². The average Bonchev–Trinajstić information content (AvgIpc) is 2.58. The topological polar surface area (TPSA) is 67.4 Å². The lowest BCUT2D eigenvalue weighted by Gasteiger charge is -2.16. The van der Waals surface area contributed by atoms with Gasteiger partial charge in [-0.25, -0.2) is 4.79 Å². The fourth-order valence-corrected chi connectivity index (χ4v) is 2.68. The number of anilines is 1. The third kappa shape index (κ3) is 6.12. The summed E-state index contributed by atoms with van der Waals surface area (Å²) in [6.45, 7) is 2.17. The summed E-state index contributed by atoms with van der Waals surface area (Å²) in [4.78, 5) is 24.0. The molecule has 1 unspecified atom stereocenters. The predicted molar refractivity (Wildman–Crippen MR) is 98.9 cm³/mol. The van der Waals surface area contributed by atoms with Crippen LogP contribution in [0.15, 0.2) is 48.5 Å². The van der Waals surface area contributed by atoms with E-state index in [0.29, 0.717) is 17.1 Å². The molecule has 2 amide bonds. The van der Waals surface area contributed by atoms with Crippen LogP contribution in [-0.2, 0) is 16.0 Å². The van der Waals surface area contributed by atoms with E-state index in [0.717, 1.165) is 11.1 Å². The molecule has 2 N–H and O–H groups in total. The highest BCUT2D eigenvalue weighted by atomic mass is 35.5. The molecule has 6 heteroatoms. The number of carbonyl (C=O) groups excluding carboxylic acids is 2. The Kier molecular flexibility index (Phi) is 6.83. The van der Waals surface area contributed by atoms with Crippen molar-refractivity contribution in [3.63, 3.8) is 0 Å². The van der Waals surface area contributed by atoms with Crippen LogP contribution in [0, 0.1) is 12.8 Å². The first-order valence-electron chi connectivity index (χ1n) is 7.91. The first kappa shape index (κ1) is 18.8. The van der Waals surface area contributed by atoms with Gasteiger partial charge < -0.3 is 15.4 Å². The molecule has 5 nitrogen and oxygen atoms in total. The average molecular weight is 361 g/mol. The Morgan fingerprint density at radius 2 is 1.92 bits per heavy atom. The maximum Gasteiger partial charge on any atom is 0.319 e. The third-order valence-corrected chi connectivity index (χ3v) is 3.93. The largest absolute Gasteiger partial charge is 0.469 e. The molecule has 0 fully saturated rings. The number of urea groups is 1. The Labute approximate surface area is 152 Å². The van der Waals surface area contributed by atoms with Gasteiger partial charge in [0, 0.05) is 17.3 Å². The van der Waals surface area contributed by atoms with E-state index < -0.39 is 11.9 Å². The fraction of sp³-hybridized carbons (Fsp3) is 0.263. The van der Waals surface area contributed by atoms with E-state index in [1.165, 1.54) is 7.11 Å². The van der Waals surface area contributed by atoms with E-state index in [1.54, 1.807) is 24.3 Å². The lowest BCUT2D eigenvalue weighted by molar-refractivity contribution is -0.145. The SMILES string of the molecule is COC(=O)C(CNC(=O)Nc1cccc(Cl)c1)Cc1cccc(C)c1. The number of ether oxygens (including phenoxy) is 1. The summed E-state index contributed by atoms with van der Waals surface area (Å²) in [5.74, 6) is -0.818. The van der Waals surface area contributed by atoms with Crippen LogP contribution in [-0.4, -0.2) is 25.7 Å². The zero-order valence-corrected chi connectivity index (χ0v) is 15.0. The van der Waals surface area contributed by atoms with Gasteiger partial charge in [0.2, 0.25) is 0 Å². The molecule has 2 aromatic carbocycles. The third-order valence-electron chi connectivity index (χ3n) is 3.69. The second-order valence-electron chi connectivity index (χ2n) is 5.76. The van der Waals surface area contributed by atoms with Gasteiger partial charge in [-0.05, 0) is 37.1 Å². The zero-order chi connectivity index (χ0) is 18.2. The number of esters is 1. The highest BCUT2D eigenvalue weighted by molar-refractivity contribution is 6.30. The molecule has 0 radical (unpaired) electrons. The summed E-state index contributed by atoms with van der Waals surface area (Å²) in [5, 5.41) is 5.92. The molecule has 0 heterocycles. The monoisotopic (exact) mass is 360 g/mol. The Hall–Kier alpha value is -2.53. The summed E-state index contributed by atoms with van der Waals surface area (Å²) < 4.78 is 4.85. The fourth-order valence-electron chi connectivity index (χ4n) is 2.49. The predicted octanol–water partition coefficient (Wildman–Crippen LogP) is 3.80. The Balaban J connectivity index is 1.95. The second-order valence-corrected chi connectivity index (χ2v) is 6.20. The minimum Gasteiger partial charge on any atom is -0.469 e. The van der Waals surface area contributed by atoms with Gasteiger partial charge in [-0.1, -0.05) is 47.5 Å². The van der Waals surface area contributed by atoms with Crippen molar-refractivity contribution in [3.05, 3.63) is 64.7 Å². The van der Waals surface area contributed by atoms with Crippen LogP contribution in [0.1, 0.15) is 11.1 Å². The minimum atomic E-state index is -0.461. The van der Waals surface area contributed by atoms with Crippen molar-refractivity contribution in [2.45, 2.75) is 13.3 Å². The molecule has 0 aliphatic carbocycles. The highest BCUT2D eigenvalue weighted by Crippen LogP contribution is 2.15. The van der Waals surface area contributed by atoms with Crippen LogP contribution in [0.4, 0.5) is 10.5 Å². The molecule has 0 aromatic heterocycles. The van der Waals surface area contributed by atoms with Crippen molar-refractivity contribution < 1.29 is 14.3 Å². The van der Waals surface area contributed by atoms with Gasteiger partial charge in [0.25, 0.3) is 0 Å². The molecule has 0 aliphatic rings. The van der Waals surface area contributed by atoms with Crippen LogP contribution >= 0.6 is 11.6 Å². The molecule has 2 aromatic rings. The minimum absolute atomic E-state index is 0.174. The van der Waals surface area contributed by atoms with Gasteiger partial charge >= 0.3 is 12.0 Å². The number of benzene rings is 2. The van der Waals surface area contributed by atoms with Crippen molar-refractivity contribution in [1.82, 2.24) is 5.32 Å². The maximum absolute atomic E-state index is 12.0. The normalized spacial score (nSPS) is 11.5. The standard InChI is InChI=1S/C19H21ClN2O3/c1-13-5-3-6-14(9-13)10-15(18(23)25-2)12-21-19(24)22-17-8-4-7-16(20)11-17/h3-9,11,15H,10,12H2,1-2H3,(H2,21,22,24). The number of rotatable bonds is 6. The highest BCUT2D eigenvalue weighted by Gasteiger charge is 2.20. The first-order valence-corrected chi connectivity index (χ1v) is 8.29. The number of hydrogen-bond acceptors (Lipinski definition) is 3. The second kappa shape index (κ2) is 9.08. The molecule has 0 bridgehead atoms. The summed E-state index contributed by atoms with van der Waals surface area (Å²) in [7, 11) is 1.34. The van der Waals surface area contributed by atoms with E-state index in [2.05, 4.69) is 10.6 Å². The van der Waals surface area contributed by atoms with Crippen LogP contribution < -0.4 is 10.6 Å². The van der Waals surface area contributed by atoms with E-state index in [9.17, 15) is 9.59 Å². The molecule has 0 saturated carbocycles.